The van der Waals surface area contributed by atoms with Gasteiger partial charge in [0.05, 0.1) is 35.5 Å². The lowest BCUT2D eigenvalue weighted by atomic mass is 9.99. The average Bonchev–Trinajstić information content (AvgIpc) is 2.78. The van der Waals surface area contributed by atoms with Crippen molar-refractivity contribution in [3.8, 4) is 17.2 Å². The topological polar surface area (TPSA) is 57.0 Å². The van der Waals surface area contributed by atoms with Gasteiger partial charge < -0.3 is 4.90 Å². The van der Waals surface area contributed by atoms with E-state index in [1.165, 1.54) is 12.4 Å². The molecule has 0 unspecified atom stereocenters. The quantitative estimate of drug-likeness (QED) is 0.387. The van der Waals surface area contributed by atoms with E-state index in [1.54, 1.807) is 24.3 Å². The predicted octanol–water partition coefficient (Wildman–Crippen LogP) is 6.66. The fraction of sp³-hybridized carbons (Fsp3) is 0.208. The van der Waals surface area contributed by atoms with Crippen molar-refractivity contribution in [2.45, 2.75) is 25.7 Å². The number of halogens is 6. The van der Waals surface area contributed by atoms with Crippen molar-refractivity contribution in [3.05, 3.63) is 83.2 Å². The van der Waals surface area contributed by atoms with Crippen molar-refractivity contribution >= 4 is 11.6 Å². The number of aromatic nitrogens is 1. The summed E-state index contributed by atoms with van der Waals surface area (Å²) in [5, 5.41) is 9.05. The first kappa shape index (κ1) is 24.8. The minimum absolute atomic E-state index is 0.0424. The molecule has 0 bridgehead atoms. The molecule has 0 fully saturated rings. The lowest BCUT2D eigenvalue weighted by molar-refractivity contribution is -0.143. The van der Waals surface area contributed by atoms with E-state index < -0.39 is 35.0 Å². The first-order valence-corrected chi connectivity index (χ1v) is 9.92. The normalized spacial score (nSPS) is 11.7. The highest BCUT2D eigenvalue weighted by Gasteiger charge is 2.38. The van der Waals surface area contributed by atoms with Gasteiger partial charge in [0.25, 0.3) is 5.91 Å². The Labute approximate surface area is 191 Å². The number of benzene rings is 2. The van der Waals surface area contributed by atoms with Crippen LogP contribution >= 0.6 is 0 Å². The summed E-state index contributed by atoms with van der Waals surface area (Å²) in [7, 11) is 0. The lowest BCUT2D eigenvalue weighted by Gasteiger charge is -2.25. The van der Waals surface area contributed by atoms with Gasteiger partial charge in [-0.15, -0.1) is 0 Å². The number of hydrogen-bond acceptors (Lipinski definition) is 3. The molecule has 0 N–H and O–H groups in total. The van der Waals surface area contributed by atoms with Crippen molar-refractivity contribution in [1.29, 1.82) is 5.26 Å². The zero-order valence-electron chi connectivity index (χ0n) is 17.7. The molecule has 1 amide bonds. The summed E-state index contributed by atoms with van der Waals surface area (Å²) in [5.41, 5.74) is -1.85. The zero-order chi connectivity index (χ0) is 25.1. The number of carbonyl (C=O) groups is 1. The fourth-order valence-electron chi connectivity index (χ4n) is 3.43. The van der Waals surface area contributed by atoms with Crippen LogP contribution in [-0.2, 0) is 12.4 Å². The Hall–Kier alpha value is -3.87. The molecule has 0 aliphatic rings. The van der Waals surface area contributed by atoms with Crippen molar-refractivity contribution in [3.63, 3.8) is 0 Å². The van der Waals surface area contributed by atoms with E-state index in [9.17, 15) is 31.1 Å². The Balaban J connectivity index is 2.19. The Morgan fingerprint density at radius 1 is 0.971 bits per heavy atom. The summed E-state index contributed by atoms with van der Waals surface area (Å²) in [6.07, 6.45) is -7.68. The first-order valence-electron chi connectivity index (χ1n) is 9.92. The van der Waals surface area contributed by atoms with Gasteiger partial charge in [-0.05, 0) is 42.3 Å². The van der Waals surface area contributed by atoms with Crippen molar-refractivity contribution in [1.82, 2.24) is 4.98 Å². The van der Waals surface area contributed by atoms with Crippen LogP contribution in [0.25, 0.3) is 11.1 Å². The number of amides is 1. The van der Waals surface area contributed by atoms with Gasteiger partial charge in [0.1, 0.15) is 0 Å². The molecule has 176 valence electrons. The van der Waals surface area contributed by atoms with Gasteiger partial charge >= 0.3 is 12.4 Å². The first-order chi connectivity index (χ1) is 15.9. The van der Waals surface area contributed by atoms with Crippen LogP contribution in [0.1, 0.15) is 33.5 Å². The van der Waals surface area contributed by atoms with Crippen LogP contribution in [0, 0.1) is 18.3 Å². The molecule has 10 heteroatoms. The number of nitrogens with zero attached hydrogens (tertiary/aromatic N) is 3. The van der Waals surface area contributed by atoms with E-state index >= 15 is 0 Å². The van der Waals surface area contributed by atoms with E-state index in [0.29, 0.717) is 23.3 Å². The maximum Gasteiger partial charge on any atom is 0.416 e. The molecule has 1 aromatic heterocycles. The van der Waals surface area contributed by atoms with Gasteiger partial charge in [-0.3, -0.25) is 9.78 Å². The molecule has 0 spiro atoms. The Bertz CT molecular complexity index is 1210. The molecule has 0 atom stereocenters. The summed E-state index contributed by atoms with van der Waals surface area (Å²) in [5.74, 6) is -1.12. The molecule has 0 saturated carbocycles. The standard InChI is InChI=1S/C24H17F6N3O/c1-15-5-2-3-6-19(15)20-7-9-32-14-21(20)33(10-4-8-31)22(34)16-11-17(23(25,26)27)13-18(12-16)24(28,29)30/h2-3,5-7,9,11-14H,4,10H2,1H3. The summed E-state index contributed by atoms with van der Waals surface area (Å²) >= 11 is 0. The summed E-state index contributed by atoms with van der Waals surface area (Å²) in [6, 6.07) is 11.2. The molecular weight excluding hydrogens is 460 g/mol. The van der Waals surface area contributed by atoms with Crippen LogP contribution < -0.4 is 4.90 Å². The van der Waals surface area contributed by atoms with Crippen molar-refractivity contribution < 1.29 is 31.1 Å². The second-order valence-corrected chi connectivity index (χ2v) is 7.37. The molecule has 1 heterocycles. The summed E-state index contributed by atoms with van der Waals surface area (Å²) in [4.78, 5) is 18.3. The number of aryl methyl sites for hydroxylation is 1. The van der Waals surface area contributed by atoms with Gasteiger partial charge in [-0.25, -0.2) is 0 Å². The second-order valence-electron chi connectivity index (χ2n) is 7.37. The minimum Gasteiger partial charge on any atom is -0.305 e. The van der Waals surface area contributed by atoms with Gasteiger partial charge in [0.2, 0.25) is 0 Å². The van der Waals surface area contributed by atoms with E-state index in [4.69, 9.17) is 5.26 Å². The maximum absolute atomic E-state index is 13.3. The molecule has 34 heavy (non-hydrogen) atoms. The maximum atomic E-state index is 13.3. The number of pyridine rings is 1. The zero-order valence-corrected chi connectivity index (χ0v) is 17.7. The van der Waals surface area contributed by atoms with Gasteiger partial charge in [0, 0.05) is 23.9 Å². The molecule has 3 aromatic rings. The van der Waals surface area contributed by atoms with Crippen LogP contribution in [0.2, 0.25) is 0 Å². The molecule has 0 saturated heterocycles. The highest BCUT2D eigenvalue weighted by atomic mass is 19.4. The number of hydrogen-bond donors (Lipinski definition) is 0. The molecule has 4 nitrogen and oxygen atoms in total. The number of carbonyl (C=O) groups excluding carboxylic acids is 1. The smallest absolute Gasteiger partial charge is 0.305 e. The van der Waals surface area contributed by atoms with E-state index in [1.807, 2.05) is 19.1 Å². The number of rotatable bonds is 5. The fourth-order valence-corrected chi connectivity index (χ4v) is 3.43. The van der Waals surface area contributed by atoms with E-state index in [2.05, 4.69) is 4.98 Å². The Morgan fingerprint density at radius 2 is 1.59 bits per heavy atom. The van der Waals surface area contributed by atoms with Crippen LogP contribution in [0.4, 0.5) is 32.0 Å². The van der Waals surface area contributed by atoms with Gasteiger partial charge in [0.15, 0.2) is 0 Å². The summed E-state index contributed by atoms with van der Waals surface area (Å²) in [6.45, 7) is 1.54. The number of nitriles is 1. The van der Waals surface area contributed by atoms with Crippen molar-refractivity contribution in [2.24, 2.45) is 0 Å². The van der Waals surface area contributed by atoms with Gasteiger partial charge in [-0.1, -0.05) is 24.3 Å². The van der Waals surface area contributed by atoms with E-state index in [-0.39, 0.29) is 24.7 Å². The van der Waals surface area contributed by atoms with Gasteiger partial charge in [-0.2, -0.15) is 31.6 Å². The largest absolute Gasteiger partial charge is 0.416 e. The second kappa shape index (κ2) is 9.55. The monoisotopic (exact) mass is 477 g/mol. The van der Waals surface area contributed by atoms with Crippen LogP contribution in [0.15, 0.2) is 60.9 Å². The predicted molar refractivity (Wildman–Crippen MR) is 113 cm³/mol. The Morgan fingerprint density at radius 3 is 2.15 bits per heavy atom. The highest BCUT2D eigenvalue weighted by Crippen LogP contribution is 2.38. The molecule has 3 rings (SSSR count). The molecular formula is C24H17F6N3O. The van der Waals surface area contributed by atoms with Crippen LogP contribution in [0.5, 0.6) is 0 Å². The van der Waals surface area contributed by atoms with E-state index in [0.717, 1.165) is 10.5 Å². The SMILES string of the molecule is Cc1ccccc1-c1ccncc1N(CCC#N)C(=O)c1cc(C(F)(F)F)cc(C(F)(F)F)c1. The lowest BCUT2D eigenvalue weighted by Crippen LogP contribution is -2.33. The molecule has 0 radical (unpaired) electrons. The average molecular weight is 477 g/mol. The Kier molecular flexibility index (Phi) is 6.96. The molecule has 0 aliphatic carbocycles. The summed E-state index contributed by atoms with van der Waals surface area (Å²) < 4.78 is 79.9. The molecule has 2 aromatic carbocycles. The van der Waals surface area contributed by atoms with Crippen molar-refractivity contribution in [2.75, 3.05) is 11.4 Å². The third-order valence-corrected chi connectivity index (χ3v) is 5.05. The molecule has 0 aliphatic heterocycles. The number of anilines is 1. The number of alkyl halides is 6. The highest BCUT2D eigenvalue weighted by molar-refractivity contribution is 6.08. The third-order valence-electron chi connectivity index (χ3n) is 5.05. The van der Waals surface area contributed by atoms with Crippen LogP contribution in [-0.4, -0.2) is 17.4 Å². The third kappa shape index (κ3) is 5.36. The minimum atomic E-state index is -5.10. The van der Waals surface area contributed by atoms with Crippen LogP contribution in [0.3, 0.4) is 0 Å².